The van der Waals surface area contributed by atoms with Crippen molar-refractivity contribution in [1.29, 1.82) is 0 Å². The molecule has 0 atom stereocenters. The smallest absolute Gasteiger partial charge is 0.266 e. The number of aromatic nitrogens is 2. The average molecular weight is 519 g/mol. The highest BCUT2D eigenvalue weighted by atomic mass is 79.9. The number of nitrogens with one attached hydrogen (secondary N) is 1. The van der Waals surface area contributed by atoms with E-state index >= 15 is 0 Å². The van der Waals surface area contributed by atoms with Crippen LogP contribution < -0.4 is 10.9 Å². The molecule has 0 saturated carbocycles. The van der Waals surface area contributed by atoms with Gasteiger partial charge in [-0.25, -0.2) is 9.37 Å². The van der Waals surface area contributed by atoms with Crippen molar-refractivity contribution >= 4 is 61.8 Å². The number of carbonyl (C=O) groups is 1. The maximum absolute atomic E-state index is 13.3. The molecule has 0 aliphatic carbocycles. The molecule has 1 heterocycles. The number of thioether (sulfide) groups is 1. The number of benzene rings is 3. The van der Waals surface area contributed by atoms with Gasteiger partial charge < -0.3 is 5.32 Å². The molecule has 0 unspecified atom stereocenters. The minimum Gasteiger partial charge on any atom is -0.325 e. The van der Waals surface area contributed by atoms with Crippen molar-refractivity contribution < 1.29 is 9.18 Å². The third-order valence-corrected chi connectivity index (χ3v) is 6.12. The summed E-state index contributed by atoms with van der Waals surface area (Å²) < 4.78 is 15.7. The molecule has 0 saturated heterocycles. The predicted octanol–water partition coefficient (Wildman–Crippen LogP) is 5.67. The maximum Gasteiger partial charge on any atom is 0.266 e. The Bertz CT molecular complexity index is 1350. The number of rotatable bonds is 5. The van der Waals surface area contributed by atoms with Gasteiger partial charge in [-0.2, -0.15) is 0 Å². The molecule has 1 aromatic heterocycles. The van der Waals surface area contributed by atoms with Crippen LogP contribution in [0.25, 0.3) is 16.6 Å². The molecule has 4 rings (SSSR count). The quantitative estimate of drug-likeness (QED) is 0.273. The van der Waals surface area contributed by atoms with Crippen LogP contribution in [0.1, 0.15) is 0 Å². The molecule has 0 aliphatic rings. The highest BCUT2D eigenvalue weighted by Gasteiger charge is 2.15. The Morgan fingerprint density at radius 1 is 1.13 bits per heavy atom. The van der Waals surface area contributed by atoms with E-state index in [1.54, 1.807) is 36.4 Å². The Morgan fingerprint density at radius 2 is 1.87 bits per heavy atom. The zero-order chi connectivity index (χ0) is 22.0. The highest BCUT2D eigenvalue weighted by Crippen LogP contribution is 2.24. The largest absolute Gasteiger partial charge is 0.325 e. The van der Waals surface area contributed by atoms with Gasteiger partial charge in [0.05, 0.1) is 27.4 Å². The van der Waals surface area contributed by atoms with Crippen LogP contribution in [0.2, 0.25) is 5.02 Å². The third kappa shape index (κ3) is 4.81. The van der Waals surface area contributed by atoms with Gasteiger partial charge in [0.15, 0.2) is 5.16 Å². The molecular formula is C22H14BrClFN3O2S. The second-order valence-corrected chi connectivity index (χ2v) is 8.76. The van der Waals surface area contributed by atoms with Gasteiger partial charge in [0.25, 0.3) is 5.56 Å². The molecule has 0 bridgehead atoms. The van der Waals surface area contributed by atoms with E-state index in [1.807, 2.05) is 12.1 Å². The fraction of sp³-hybridized carbons (Fsp3) is 0.0455. The molecule has 0 radical (unpaired) electrons. The molecule has 4 aromatic rings. The molecule has 3 aromatic carbocycles. The van der Waals surface area contributed by atoms with Gasteiger partial charge in [-0.1, -0.05) is 51.4 Å². The molecule has 156 valence electrons. The van der Waals surface area contributed by atoms with Crippen LogP contribution in [0.5, 0.6) is 0 Å². The van der Waals surface area contributed by atoms with Gasteiger partial charge in [0.1, 0.15) is 5.82 Å². The van der Waals surface area contributed by atoms with Gasteiger partial charge in [0, 0.05) is 10.2 Å². The second kappa shape index (κ2) is 9.21. The lowest BCUT2D eigenvalue weighted by Gasteiger charge is -2.13. The van der Waals surface area contributed by atoms with E-state index in [0.717, 1.165) is 16.2 Å². The Morgan fingerprint density at radius 3 is 2.61 bits per heavy atom. The van der Waals surface area contributed by atoms with Crippen molar-refractivity contribution in [2.75, 3.05) is 11.1 Å². The Hall–Kier alpha value is -2.68. The van der Waals surface area contributed by atoms with E-state index in [-0.39, 0.29) is 22.2 Å². The SMILES string of the molecule is O=C(CSc1nc2ccccc2c(=O)n1-c1ccc(Br)cc1)Nc1ccc(F)c(Cl)c1. The second-order valence-electron chi connectivity index (χ2n) is 6.49. The molecule has 1 N–H and O–H groups in total. The van der Waals surface area contributed by atoms with Crippen LogP contribution in [-0.4, -0.2) is 21.2 Å². The van der Waals surface area contributed by atoms with E-state index in [9.17, 15) is 14.0 Å². The van der Waals surface area contributed by atoms with Gasteiger partial charge in [-0.05, 0) is 54.6 Å². The normalized spacial score (nSPS) is 10.9. The number of hydrogen-bond donors (Lipinski definition) is 1. The predicted molar refractivity (Wildman–Crippen MR) is 126 cm³/mol. The lowest BCUT2D eigenvalue weighted by atomic mass is 10.2. The summed E-state index contributed by atoms with van der Waals surface area (Å²) in [5.74, 6) is -0.901. The van der Waals surface area contributed by atoms with Crippen LogP contribution in [0, 0.1) is 5.82 Å². The van der Waals surface area contributed by atoms with Crippen molar-refractivity contribution in [1.82, 2.24) is 9.55 Å². The van der Waals surface area contributed by atoms with E-state index in [1.165, 1.54) is 22.8 Å². The zero-order valence-corrected chi connectivity index (χ0v) is 19.0. The Balaban J connectivity index is 1.65. The average Bonchev–Trinajstić information content (AvgIpc) is 2.76. The minimum atomic E-state index is -0.562. The van der Waals surface area contributed by atoms with E-state index in [0.29, 0.717) is 27.4 Å². The summed E-state index contributed by atoms with van der Waals surface area (Å²) in [6.07, 6.45) is 0. The van der Waals surface area contributed by atoms with Gasteiger partial charge in [-0.15, -0.1) is 0 Å². The first-order chi connectivity index (χ1) is 14.9. The summed E-state index contributed by atoms with van der Waals surface area (Å²) in [5.41, 5.74) is 1.35. The van der Waals surface area contributed by atoms with Crippen LogP contribution in [0.4, 0.5) is 10.1 Å². The summed E-state index contributed by atoms with van der Waals surface area (Å²) in [7, 11) is 0. The lowest BCUT2D eigenvalue weighted by molar-refractivity contribution is -0.113. The summed E-state index contributed by atoms with van der Waals surface area (Å²) >= 11 is 10.3. The van der Waals surface area contributed by atoms with Crippen LogP contribution in [0.3, 0.4) is 0 Å². The highest BCUT2D eigenvalue weighted by molar-refractivity contribution is 9.10. The van der Waals surface area contributed by atoms with E-state index in [2.05, 4.69) is 26.2 Å². The van der Waals surface area contributed by atoms with Crippen molar-refractivity contribution in [3.63, 3.8) is 0 Å². The molecular weight excluding hydrogens is 505 g/mol. The zero-order valence-electron chi connectivity index (χ0n) is 15.8. The lowest BCUT2D eigenvalue weighted by Crippen LogP contribution is -2.23. The summed E-state index contributed by atoms with van der Waals surface area (Å²) in [4.78, 5) is 30.2. The minimum absolute atomic E-state index is 0.00367. The first-order valence-electron chi connectivity index (χ1n) is 9.08. The number of carbonyl (C=O) groups excluding carboxylic acids is 1. The molecule has 1 amide bonds. The third-order valence-electron chi connectivity index (χ3n) is 4.37. The first-order valence-corrected chi connectivity index (χ1v) is 11.2. The van der Waals surface area contributed by atoms with E-state index < -0.39 is 5.82 Å². The monoisotopic (exact) mass is 517 g/mol. The number of hydrogen-bond acceptors (Lipinski definition) is 4. The van der Waals surface area contributed by atoms with Crippen molar-refractivity contribution in [2.45, 2.75) is 5.16 Å². The maximum atomic E-state index is 13.3. The Kier molecular flexibility index (Phi) is 6.41. The van der Waals surface area contributed by atoms with Gasteiger partial charge in [-0.3, -0.25) is 14.2 Å². The van der Waals surface area contributed by atoms with Gasteiger partial charge in [0.2, 0.25) is 5.91 Å². The molecule has 0 fully saturated rings. The number of para-hydroxylation sites is 1. The summed E-state index contributed by atoms with van der Waals surface area (Å²) in [6, 6.07) is 18.3. The molecule has 9 heteroatoms. The number of anilines is 1. The number of halogens is 3. The summed E-state index contributed by atoms with van der Waals surface area (Å²) in [6.45, 7) is 0. The van der Waals surface area contributed by atoms with Crippen LogP contribution in [0.15, 0.2) is 81.2 Å². The molecule has 31 heavy (non-hydrogen) atoms. The van der Waals surface area contributed by atoms with Crippen LogP contribution in [-0.2, 0) is 4.79 Å². The fourth-order valence-corrected chi connectivity index (χ4v) is 4.19. The summed E-state index contributed by atoms with van der Waals surface area (Å²) in [5, 5.41) is 3.46. The van der Waals surface area contributed by atoms with Crippen molar-refractivity contribution in [2.24, 2.45) is 0 Å². The molecule has 5 nitrogen and oxygen atoms in total. The van der Waals surface area contributed by atoms with Gasteiger partial charge >= 0.3 is 0 Å². The van der Waals surface area contributed by atoms with Crippen molar-refractivity contribution in [3.8, 4) is 5.69 Å². The molecule has 0 aliphatic heterocycles. The Labute approximate surface area is 194 Å². The first kappa shape index (κ1) is 21.5. The molecule has 0 spiro atoms. The van der Waals surface area contributed by atoms with Crippen molar-refractivity contribution in [3.05, 3.63) is 92.4 Å². The standard InChI is InChI=1S/C22H14BrClFN3O2S/c23-13-5-8-15(9-6-13)28-21(30)16-3-1-2-4-19(16)27-22(28)31-12-20(29)26-14-7-10-18(25)17(24)11-14/h1-11H,12H2,(H,26,29). The number of fused-ring (bicyclic) bond motifs is 1. The number of nitrogens with zero attached hydrogens (tertiary/aromatic N) is 2. The topological polar surface area (TPSA) is 64.0 Å². The van der Waals surface area contributed by atoms with E-state index in [4.69, 9.17) is 11.6 Å². The number of amides is 1. The van der Waals surface area contributed by atoms with Crippen LogP contribution >= 0.6 is 39.3 Å². The fourth-order valence-electron chi connectivity index (χ4n) is 2.93.